The molecule has 0 unspecified atom stereocenters. The van der Waals surface area contributed by atoms with Crippen LogP contribution in [0.1, 0.15) is 28.7 Å². The molecule has 19 heavy (non-hydrogen) atoms. The molecule has 96 valence electrons. The van der Waals surface area contributed by atoms with Crippen LogP contribution in [0.3, 0.4) is 0 Å². The van der Waals surface area contributed by atoms with Crippen molar-refractivity contribution in [1.29, 1.82) is 0 Å². The third-order valence-electron chi connectivity index (χ3n) is 4.84. The first-order valence-electron chi connectivity index (χ1n) is 6.77. The van der Waals surface area contributed by atoms with Crippen LogP contribution in [-0.4, -0.2) is 16.0 Å². The average molecular weight is 252 g/mol. The molecule has 0 aromatic heterocycles. The summed E-state index contributed by atoms with van der Waals surface area (Å²) in [5.74, 6) is -1.68. The molecule has 2 aromatic carbocycles. The zero-order valence-corrected chi connectivity index (χ0v) is 10.6. The van der Waals surface area contributed by atoms with Crippen LogP contribution in [-0.2, 0) is 18.3 Å². The molecule has 2 aliphatic carbocycles. The molecule has 0 radical (unpaired) electrons. The van der Waals surface area contributed by atoms with Crippen molar-refractivity contribution in [1.82, 2.24) is 0 Å². The van der Waals surface area contributed by atoms with Crippen molar-refractivity contribution in [2.75, 3.05) is 0 Å². The summed E-state index contributed by atoms with van der Waals surface area (Å²) < 4.78 is 0. The van der Waals surface area contributed by atoms with Crippen LogP contribution in [0, 0.1) is 0 Å². The van der Waals surface area contributed by atoms with E-state index in [4.69, 9.17) is 0 Å². The Morgan fingerprint density at radius 1 is 0.789 bits per heavy atom. The first-order chi connectivity index (χ1) is 9.15. The largest absolute Gasteiger partial charge is 0.364 e. The van der Waals surface area contributed by atoms with Gasteiger partial charge in [-0.05, 0) is 35.1 Å². The van der Waals surface area contributed by atoms with E-state index in [2.05, 4.69) is 6.07 Å². The highest BCUT2D eigenvalue weighted by Crippen LogP contribution is 2.55. The van der Waals surface area contributed by atoms with Crippen LogP contribution in [0.15, 0.2) is 48.5 Å². The Labute approximate surface area is 112 Å². The Morgan fingerprint density at radius 2 is 1.37 bits per heavy atom. The molecule has 0 heterocycles. The molecule has 2 heteroatoms. The minimum absolute atomic E-state index is 0.317. The van der Waals surface area contributed by atoms with Gasteiger partial charge in [0, 0.05) is 6.42 Å². The minimum atomic E-state index is -1.68. The van der Waals surface area contributed by atoms with Crippen molar-refractivity contribution in [2.45, 2.75) is 30.5 Å². The normalized spacial score (nSPS) is 26.4. The summed E-state index contributed by atoms with van der Waals surface area (Å²) in [6.45, 7) is 0. The number of rotatable bonds is 0. The molecule has 2 aliphatic rings. The lowest BCUT2D eigenvalue weighted by molar-refractivity contribution is -0.192. The fourth-order valence-electron chi connectivity index (χ4n) is 4.03. The zero-order valence-electron chi connectivity index (χ0n) is 10.6. The van der Waals surface area contributed by atoms with Gasteiger partial charge < -0.3 is 10.2 Å². The predicted molar refractivity (Wildman–Crippen MR) is 72.9 cm³/mol. The molecular weight excluding hydrogens is 236 g/mol. The minimum Gasteiger partial charge on any atom is -0.364 e. The molecule has 2 aromatic rings. The van der Waals surface area contributed by atoms with Crippen molar-refractivity contribution in [3.8, 4) is 0 Å². The van der Waals surface area contributed by atoms with Crippen LogP contribution < -0.4 is 0 Å². The Morgan fingerprint density at radius 3 is 2.11 bits per heavy atom. The fourth-order valence-corrected chi connectivity index (χ4v) is 4.03. The summed E-state index contributed by atoms with van der Waals surface area (Å²) in [5.41, 5.74) is 3.84. The highest BCUT2D eigenvalue weighted by Gasteiger charge is 2.59. The Hall–Kier alpha value is -1.64. The second kappa shape index (κ2) is 3.47. The molecule has 0 bridgehead atoms. The van der Waals surface area contributed by atoms with E-state index in [-0.39, 0.29) is 0 Å². The highest BCUT2D eigenvalue weighted by molar-refractivity contribution is 5.56. The van der Waals surface area contributed by atoms with Crippen LogP contribution in [0.5, 0.6) is 0 Å². The first-order valence-corrected chi connectivity index (χ1v) is 6.77. The summed E-state index contributed by atoms with van der Waals surface area (Å²) in [4.78, 5) is 0. The molecular formula is C17H16O2. The maximum atomic E-state index is 10.7. The van der Waals surface area contributed by atoms with E-state index in [1.807, 2.05) is 42.5 Å². The van der Waals surface area contributed by atoms with Gasteiger partial charge in [-0.15, -0.1) is 0 Å². The fraction of sp³-hybridized carbons (Fsp3) is 0.294. The Bertz CT molecular complexity index is 647. The second-order valence-corrected chi connectivity index (χ2v) is 5.71. The van der Waals surface area contributed by atoms with Crippen LogP contribution >= 0.6 is 0 Å². The Balaban J connectivity index is 2.05. The smallest absolute Gasteiger partial charge is 0.180 e. The molecule has 0 saturated carbocycles. The van der Waals surface area contributed by atoms with E-state index < -0.39 is 11.2 Å². The van der Waals surface area contributed by atoms with Gasteiger partial charge in [0.2, 0.25) is 0 Å². The predicted octanol–water partition coefficient (Wildman–Crippen LogP) is 2.16. The summed E-state index contributed by atoms with van der Waals surface area (Å²) in [5, 5.41) is 21.3. The van der Waals surface area contributed by atoms with E-state index in [0.29, 0.717) is 6.42 Å². The van der Waals surface area contributed by atoms with Crippen LogP contribution in [0.2, 0.25) is 0 Å². The molecule has 0 aliphatic heterocycles. The second-order valence-electron chi connectivity index (χ2n) is 5.71. The van der Waals surface area contributed by atoms with Gasteiger partial charge in [0.25, 0.3) is 0 Å². The highest BCUT2D eigenvalue weighted by atomic mass is 16.5. The van der Waals surface area contributed by atoms with Gasteiger partial charge >= 0.3 is 0 Å². The number of aliphatic hydroxyl groups is 2. The lowest BCUT2D eigenvalue weighted by atomic mass is 9.73. The lowest BCUT2D eigenvalue weighted by Gasteiger charge is -2.37. The molecule has 1 spiro atoms. The lowest BCUT2D eigenvalue weighted by Crippen LogP contribution is -2.48. The first kappa shape index (κ1) is 11.2. The van der Waals surface area contributed by atoms with E-state index in [0.717, 1.165) is 29.5 Å². The molecule has 0 amide bonds. The summed E-state index contributed by atoms with van der Waals surface area (Å²) in [7, 11) is 0. The maximum Gasteiger partial charge on any atom is 0.180 e. The number of benzene rings is 2. The molecule has 4 rings (SSSR count). The standard InChI is InChI=1S/C17H16O2/c18-17(19)11-13-6-2-4-8-15(13)16(17)10-9-12-5-1-3-7-14(12)16/h1-8,18-19H,9-11H2/t16-/m1/s1. The molecule has 2 nitrogen and oxygen atoms in total. The topological polar surface area (TPSA) is 40.5 Å². The molecule has 0 fully saturated rings. The third kappa shape index (κ3) is 1.23. The van der Waals surface area contributed by atoms with Crippen LogP contribution in [0.25, 0.3) is 0 Å². The summed E-state index contributed by atoms with van der Waals surface area (Å²) >= 11 is 0. The summed E-state index contributed by atoms with van der Waals surface area (Å²) in [6, 6.07) is 16.2. The van der Waals surface area contributed by atoms with E-state index in [1.54, 1.807) is 0 Å². The number of aryl methyl sites for hydroxylation is 1. The van der Waals surface area contributed by atoms with Gasteiger partial charge in [0.1, 0.15) is 0 Å². The Kier molecular flexibility index (Phi) is 2.05. The van der Waals surface area contributed by atoms with Crippen LogP contribution in [0.4, 0.5) is 0 Å². The molecule has 2 N–H and O–H groups in total. The average Bonchev–Trinajstić information content (AvgIpc) is 2.90. The van der Waals surface area contributed by atoms with Crippen molar-refractivity contribution < 1.29 is 10.2 Å². The number of hydrogen-bond acceptors (Lipinski definition) is 2. The monoisotopic (exact) mass is 252 g/mol. The van der Waals surface area contributed by atoms with Crippen molar-refractivity contribution in [3.63, 3.8) is 0 Å². The number of fused-ring (bicyclic) bond motifs is 4. The SMILES string of the molecule is OC1(O)Cc2ccccc2[C@]12CCc1ccccc12. The van der Waals surface area contributed by atoms with Gasteiger partial charge in [0.05, 0.1) is 5.41 Å². The quantitative estimate of drug-likeness (QED) is 0.705. The maximum absolute atomic E-state index is 10.7. The van der Waals surface area contributed by atoms with E-state index >= 15 is 0 Å². The van der Waals surface area contributed by atoms with E-state index in [1.165, 1.54) is 5.56 Å². The zero-order chi connectivity index (χ0) is 13.1. The van der Waals surface area contributed by atoms with Gasteiger partial charge in [-0.25, -0.2) is 0 Å². The molecule has 0 saturated heterocycles. The number of hydrogen-bond donors (Lipinski definition) is 2. The van der Waals surface area contributed by atoms with Gasteiger partial charge in [-0.1, -0.05) is 48.5 Å². The molecule has 1 atom stereocenters. The third-order valence-corrected chi connectivity index (χ3v) is 4.84. The van der Waals surface area contributed by atoms with Crippen molar-refractivity contribution in [3.05, 3.63) is 70.8 Å². The van der Waals surface area contributed by atoms with Crippen molar-refractivity contribution >= 4 is 0 Å². The summed E-state index contributed by atoms with van der Waals surface area (Å²) in [6.07, 6.45) is 2.00. The van der Waals surface area contributed by atoms with Gasteiger partial charge in [-0.3, -0.25) is 0 Å². The van der Waals surface area contributed by atoms with Crippen molar-refractivity contribution in [2.24, 2.45) is 0 Å². The van der Waals surface area contributed by atoms with E-state index in [9.17, 15) is 10.2 Å². The van der Waals surface area contributed by atoms with Gasteiger partial charge in [0.15, 0.2) is 5.79 Å². The van der Waals surface area contributed by atoms with Gasteiger partial charge in [-0.2, -0.15) is 0 Å².